The van der Waals surface area contributed by atoms with Crippen LogP contribution in [0, 0.1) is 0 Å². The van der Waals surface area contributed by atoms with Crippen LogP contribution in [-0.4, -0.2) is 15.5 Å². The summed E-state index contributed by atoms with van der Waals surface area (Å²) in [5.74, 6) is 1.54. The van der Waals surface area contributed by atoms with Crippen LogP contribution in [0.15, 0.2) is 30.5 Å². The van der Waals surface area contributed by atoms with Crippen molar-refractivity contribution in [1.29, 1.82) is 0 Å². The zero-order valence-corrected chi connectivity index (χ0v) is 13.1. The highest BCUT2D eigenvalue weighted by atomic mass is 15.0. The summed E-state index contributed by atoms with van der Waals surface area (Å²) < 4.78 is 0. The number of imidazole rings is 1. The monoisotopic (exact) mass is 271 g/mol. The summed E-state index contributed by atoms with van der Waals surface area (Å²) in [5.41, 5.74) is 3.73. The Kier molecular flexibility index (Phi) is 4.29. The topological polar surface area (TPSA) is 40.7 Å². The van der Waals surface area contributed by atoms with Gasteiger partial charge in [-0.2, -0.15) is 0 Å². The number of aromatic nitrogens is 2. The van der Waals surface area contributed by atoms with Crippen LogP contribution >= 0.6 is 0 Å². The molecule has 0 bridgehead atoms. The minimum Gasteiger partial charge on any atom is -0.341 e. The van der Waals surface area contributed by atoms with E-state index in [-0.39, 0.29) is 5.54 Å². The molecule has 1 heterocycles. The van der Waals surface area contributed by atoms with E-state index < -0.39 is 0 Å². The van der Waals surface area contributed by atoms with Gasteiger partial charge in [0.25, 0.3) is 0 Å². The lowest BCUT2D eigenvalue weighted by Crippen LogP contribution is -2.35. The van der Waals surface area contributed by atoms with Gasteiger partial charge in [-0.05, 0) is 37.8 Å². The molecule has 0 aliphatic carbocycles. The second-order valence-electron chi connectivity index (χ2n) is 6.62. The molecule has 0 atom stereocenters. The highest BCUT2D eigenvalue weighted by Crippen LogP contribution is 2.21. The van der Waals surface area contributed by atoms with Crippen molar-refractivity contribution in [2.24, 2.45) is 0 Å². The molecule has 0 amide bonds. The van der Waals surface area contributed by atoms with Gasteiger partial charge < -0.3 is 10.3 Å². The molecule has 0 spiro atoms. The average molecular weight is 271 g/mol. The number of aromatic amines is 1. The predicted molar refractivity (Wildman–Crippen MR) is 84.7 cm³/mol. The minimum atomic E-state index is 0.103. The molecule has 0 saturated carbocycles. The Morgan fingerprint density at radius 2 is 1.80 bits per heavy atom. The van der Waals surface area contributed by atoms with Crippen LogP contribution in [0.1, 0.15) is 51.9 Å². The van der Waals surface area contributed by atoms with Gasteiger partial charge in [-0.25, -0.2) is 4.98 Å². The molecular weight excluding hydrogens is 246 g/mol. The third-order valence-corrected chi connectivity index (χ3v) is 3.30. The van der Waals surface area contributed by atoms with Gasteiger partial charge in [0, 0.05) is 5.54 Å². The Labute approximate surface area is 121 Å². The Morgan fingerprint density at radius 3 is 2.35 bits per heavy atom. The summed E-state index contributed by atoms with van der Waals surface area (Å²) >= 11 is 0. The largest absolute Gasteiger partial charge is 0.341 e. The van der Waals surface area contributed by atoms with Gasteiger partial charge in [0.05, 0.1) is 18.4 Å². The fourth-order valence-electron chi connectivity index (χ4n) is 2.00. The summed E-state index contributed by atoms with van der Waals surface area (Å²) in [6.07, 6.45) is 1.91. The lowest BCUT2D eigenvalue weighted by molar-refractivity contribution is 0.418. The maximum atomic E-state index is 4.44. The highest BCUT2D eigenvalue weighted by Gasteiger charge is 2.10. The number of rotatable bonds is 4. The van der Waals surface area contributed by atoms with Crippen LogP contribution in [0.2, 0.25) is 0 Å². The minimum absolute atomic E-state index is 0.103. The molecule has 2 rings (SSSR count). The molecule has 0 unspecified atom stereocenters. The molecule has 0 aliphatic rings. The normalized spacial score (nSPS) is 12.1. The van der Waals surface area contributed by atoms with Crippen molar-refractivity contribution in [2.45, 2.75) is 52.6 Å². The van der Waals surface area contributed by atoms with Crippen LogP contribution in [0.5, 0.6) is 0 Å². The Balaban J connectivity index is 2.08. The molecule has 2 aromatic rings. The van der Waals surface area contributed by atoms with Crippen LogP contribution in [0.25, 0.3) is 11.3 Å². The quantitative estimate of drug-likeness (QED) is 0.879. The third-order valence-electron chi connectivity index (χ3n) is 3.30. The smallest absolute Gasteiger partial charge is 0.120 e. The van der Waals surface area contributed by atoms with Gasteiger partial charge in [0.2, 0.25) is 0 Å². The van der Waals surface area contributed by atoms with Crippen molar-refractivity contribution in [3.05, 3.63) is 41.9 Å². The second-order valence-corrected chi connectivity index (χ2v) is 6.62. The zero-order chi connectivity index (χ0) is 14.8. The molecule has 20 heavy (non-hydrogen) atoms. The maximum absolute atomic E-state index is 4.44. The van der Waals surface area contributed by atoms with E-state index in [2.05, 4.69) is 74.2 Å². The second kappa shape index (κ2) is 5.80. The Bertz CT molecular complexity index is 544. The molecule has 108 valence electrons. The van der Waals surface area contributed by atoms with Gasteiger partial charge in [-0.15, -0.1) is 0 Å². The number of hydrogen-bond donors (Lipinski definition) is 2. The first-order chi connectivity index (χ1) is 9.35. The fraction of sp³-hybridized carbons (Fsp3) is 0.471. The van der Waals surface area contributed by atoms with E-state index in [1.807, 2.05) is 6.20 Å². The average Bonchev–Trinajstić information content (AvgIpc) is 2.84. The fourth-order valence-corrected chi connectivity index (χ4v) is 2.00. The third kappa shape index (κ3) is 3.94. The van der Waals surface area contributed by atoms with Gasteiger partial charge in [0.1, 0.15) is 5.82 Å². The maximum Gasteiger partial charge on any atom is 0.120 e. The van der Waals surface area contributed by atoms with Crippen molar-refractivity contribution in [3.8, 4) is 11.3 Å². The number of nitrogens with one attached hydrogen (secondary N) is 2. The molecule has 1 aromatic heterocycles. The van der Waals surface area contributed by atoms with Gasteiger partial charge in [-0.1, -0.05) is 38.1 Å². The van der Waals surface area contributed by atoms with E-state index in [0.717, 1.165) is 18.1 Å². The van der Waals surface area contributed by atoms with Crippen molar-refractivity contribution >= 4 is 0 Å². The first-order valence-electron chi connectivity index (χ1n) is 7.24. The van der Waals surface area contributed by atoms with E-state index >= 15 is 0 Å². The van der Waals surface area contributed by atoms with E-state index in [0.29, 0.717) is 5.92 Å². The summed E-state index contributed by atoms with van der Waals surface area (Å²) in [6, 6.07) is 8.69. The number of hydrogen-bond acceptors (Lipinski definition) is 2. The molecular formula is C17H25N3. The lowest BCUT2D eigenvalue weighted by atomic mass is 10.0. The van der Waals surface area contributed by atoms with Crippen molar-refractivity contribution in [3.63, 3.8) is 0 Å². The molecule has 0 saturated heterocycles. The summed E-state index contributed by atoms with van der Waals surface area (Å²) in [4.78, 5) is 7.81. The lowest BCUT2D eigenvalue weighted by Gasteiger charge is -2.19. The summed E-state index contributed by atoms with van der Waals surface area (Å²) in [5, 5.41) is 3.43. The first-order valence-corrected chi connectivity index (χ1v) is 7.24. The van der Waals surface area contributed by atoms with Crippen LogP contribution in [0.3, 0.4) is 0 Å². The van der Waals surface area contributed by atoms with Crippen LogP contribution in [-0.2, 0) is 6.54 Å². The molecule has 0 aliphatic heterocycles. The number of nitrogens with zero attached hydrogens (tertiary/aromatic N) is 1. The van der Waals surface area contributed by atoms with E-state index in [4.69, 9.17) is 0 Å². The molecule has 1 aromatic carbocycles. The summed E-state index contributed by atoms with van der Waals surface area (Å²) in [6.45, 7) is 11.6. The highest BCUT2D eigenvalue weighted by molar-refractivity contribution is 5.58. The Morgan fingerprint density at radius 1 is 1.15 bits per heavy atom. The molecule has 3 nitrogen and oxygen atoms in total. The van der Waals surface area contributed by atoms with Crippen LogP contribution < -0.4 is 5.32 Å². The van der Waals surface area contributed by atoms with E-state index in [9.17, 15) is 0 Å². The molecule has 0 radical (unpaired) electrons. The first kappa shape index (κ1) is 14.8. The van der Waals surface area contributed by atoms with Crippen LogP contribution in [0.4, 0.5) is 0 Å². The standard InChI is InChI=1S/C17H25N3/c1-12(2)13-6-8-14(9-7-13)15-10-18-16(20-15)11-19-17(3,4)5/h6-10,12,19H,11H2,1-5H3,(H,18,20). The Hall–Kier alpha value is -1.61. The van der Waals surface area contributed by atoms with Crippen molar-refractivity contribution in [1.82, 2.24) is 15.3 Å². The number of benzene rings is 1. The van der Waals surface area contributed by atoms with Gasteiger partial charge in [0.15, 0.2) is 0 Å². The summed E-state index contributed by atoms with van der Waals surface area (Å²) in [7, 11) is 0. The van der Waals surface area contributed by atoms with Crippen molar-refractivity contribution in [2.75, 3.05) is 0 Å². The molecule has 2 N–H and O–H groups in total. The van der Waals surface area contributed by atoms with E-state index in [1.54, 1.807) is 0 Å². The van der Waals surface area contributed by atoms with Gasteiger partial charge in [-0.3, -0.25) is 0 Å². The van der Waals surface area contributed by atoms with E-state index in [1.165, 1.54) is 11.1 Å². The zero-order valence-electron chi connectivity index (χ0n) is 13.1. The predicted octanol–water partition coefficient (Wildman–Crippen LogP) is 4.09. The molecule has 3 heteroatoms. The molecule has 0 fully saturated rings. The number of H-pyrrole nitrogens is 1. The SMILES string of the molecule is CC(C)c1ccc(-c2cnc(CNC(C)(C)C)[nH]2)cc1. The van der Waals surface area contributed by atoms with Gasteiger partial charge >= 0.3 is 0 Å². The van der Waals surface area contributed by atoms with Crippen molar-refractivity contribution < 1.29 is 0 Å².